The van der Waals surface area contributed by atoms with E-state index in [-0.39, 0.29) is 17.9 Å². The van der Waals surface area contributed by atoms with Gasteiger partial charge in [-0.1, -0.05) is 11.6 Å². The Balaban J connectivity index is 1.44. The van der Waals surface area contributed by atoms with Crippen LogP contribution in [0.5, 0.6) is 5.75 Å². The molecule has 1 fully saturated rings. The third-order valence-corrected chi connectivity index (χ3v) is 5.56. The number of amides is 2. The van der Waals surface area contributed by atoms with Crippen molar-refractivity contribution >= 4 is 11.8 Å². The molecule has 7 heteroatoms. The first-order chi connectivity index (χ1) is 13.0. The van der Waals surface area contributed by atoms with Crippen molar-refractivity contribution in [3.63, 3.8) is 0 Å². The molecule has 0 atom stereocenters. The Bertz CT molecular complexity index is 881. The van der Waals surface area contributed by atoms with Gasteiger partial charge in [-0.25, -0.2) is 0 Å². The van der Waals surface area contributed by atoms with Gasteiger partial charge in [-0.15, -0.1) is 0 Å². The van der Waals surface area contributed by atoms with Crippen molar-refractivity contribution in [1.29, 1.82) is 0 Å². The highest BCUT2D eigenvalue weighted by Crippen LogP contribution is 2.36. The van der Waals surface area contributed by atoms with Gasteiger partial charge >= 0.3 is 0 Å². The predicted octanol–water partition coefficient (Wildman–Crippen LogP) is 1.96. The molecule has 27 heavy (non-hydrogen) atoms. The van der Waals surface area contributed by atoms with Gasteiger partial charge < -0.3 is 15.4 Å². The molecule has 1 aliphatic carbocycles. The van der Waals surface area contributed by atoms with Crippen molar-refractivity contribution in [2.45, 2.75) is 44.2 Å². The molecule has 0 bridgehead atoms. The molecule has 2 amide bonds. The van der Waals surface area contributed by atoms with E-state index in [0.29, 0.717) is 23.6 Å². The zero-order valence-corrected chi connectivity index (χ0v) is 15.6. The minimum absolute atomic E-state index is 0.0859. The highest BCUT2D eigenvalue weighted by molar-refractivity contribution is 5.97. The van der Waals surface area contributed by atoms with E-state index < -0.39 is 5.60 Å². The summed E-state index contributed by atoms with van der Waals surface area (Å²) < 4.78 is 7.92. The van der Waals surface area contributed by atoms with E-state index in [2.05, 4.69) is 15.7 Å². The fraction of sp³-hybridized carbons (Fsp3) is 0.450. The maximum absolute atomic E-state index is 12.4. The van der Waals surface area contributed by atoms with E-state index in [4.69, 9.17) is 4.74 Å². The standard InChI is InChI=1S/C20H24N4O3/c1-13-3-4-17-15(11-13)18(25)21-12-20(27-17)8-5-14(6-9-20)23-19(26)16-7-10-22-24(16)2/h3-4,7,10-11,14H,5-6,8-9,12H2,1-2H3,(H,21,25)(H,23,26). The van der Waals surface area contributed by atoms with Gasteiger partial charge in [0.05, 0.1) is 12.1 Å². The maximum atomic E-state index is 12.4. The van der Waals surface area contributed by atoms with Gasteiger partial charge in [-0.2, -0.15) is 5.10 Å². The van der Waals surface area contributed by atoms with Crippen LogP contribution in [0.4, 0.5) is 0 Å². The molecule has 2 aromatic rings. The number of rotatable bonds is 2. The first-order valence-corrected chi connectivity index (χ1v) is 9.32. The van der Waals surface area contributed by atoms with E-state index >= 15 is 0 Å². The number of aryl methyl sites for hydroxylation is 2. The van der Waals surface area contributed by atoms with Gasteiger partial charge in [0, 0.05) is 19.3 Å². The van der Waals surface area contributed by atoms with E-state index in [1.54, 1.807) is 24.0 Å². The lowest BCUT2D eigenvalue weighted by Crippen LogP contribution is -2.51. The fourth-order valence-corrected chi connectivity index (χ4v) is 3.94. The first kappa shape index (κ1) is 17.6. The van der Waals surface area contributed by atoms with E-state index in [0.717, 1.165) is 31.2 Å². The Hall–Kier alpha value is -2.83. The first-order valence-electron chi connectivity index (χ1n) is 9.32. The number of carbonyl (C=O) groups excluding carboxylic acids is 2. The molecule has 1 aromatic heterocycles. The van der Waals surface area contributed by atoms with Crippen LogP contribution in [0.15, 0.2) is 30.5 Å². The van der Waals surface area contributed by atoms with Crippen molar-refractivity contribution < 1.29 is 14.3 Å². The van der Waals surface area contributed by atoms with Gasteiger partial charge in [-0.05, 0) is 50.8 Å². The molecular formula is C20H24N4O3. The van der Waals surface area contributed by atoms with E-state index in [9.17, 15) is 9.59 Å². The van der Waals surface area contributed by atoms with Gasteiger partial charge in [0.1, 0.15) is 17.0 Å². The summed E-state index contributed by atoms with van der Waals surface area (Å²) in [6, 6.07) is 7.52. The molecule has 2 N–H and O–H groups in total. The molecule has 1 spiro atoms. The lowest BCUT2D eigenvalue weighted by atomic mass is 9.81. The Kier molecular flexibility index (Phi) is 4.37. The number of carbonyl (C=O) groups is 2. The lowest BCUT2D eigenvalue weighted by Gasteiger charge is -2.39. The van der Waals surface area contributed by atoms with Gasteiger partial charge in [0.15, 0.2) is 0 Å². The normalized spacial score (nSPS) is 24.5. The predicted molar refractivity (Wildman–Crippen MR) is 99.8 cm³/mol. The maximum Gasteiger partial charge on any atom is 0.269 e. The third kappa shape index (κ3) is 3.41. The average Bonchev–Trinajstić information content (AvgIpc) is 3.04. The Morgan fingerprint density at radius 1 is 1.33 bits per heavy atom. The minimum atomic E-state index is -0.413. The number of hydrogen-bond acceptors (Lipinski definition) is 4. The van der Waals surface area contributed by atoms with Crippen LogP contribution in [0.3, 0.4) is 0 Å². The number of benzene rings is 1. The molecule has 0 unspecified atom stereocenters. The van der Waals surface area contributed by atoms with E-state index in [1.807, 2.05) is 25.1 Å². The summed E-state index contributed by atoms with van der Waals surface area (Å²) in [5, 5.41) is 10.1. The summed E-state index contributed by atoms with van der Waals surface area (Å²) in [4.78, 5) is 24.8. The van der Waals surface area contributed by atoms with E-state index in [1.165, 1.54) is 0 Å². The molecule has 0 radical (unpaired) electrons. The number of hydrogen-bond donors (Lipinski definition) is 2. The average molecular weight is 368 g/mol. The summed E-state index contributed by atoms with van der Waals surface area (Å²) in [6.45, 7) is 2.45. The lowest BCUT2D eigenvalue weighted by molar-refractivity contribution is 0.0260. The summed E-state index contributed by atoms with van der Waals surface area (Å²) in [5.74, 6) is 0.456. The molecule has 1 saturated carbocycles. The van der Waals surface area contributed by atoms with Crippen LogP contribution in [-0.4, -0.2) is 39.8 Å². The molecule has 4 rings (SSSR count). The van der Waals surface area contributed by atoms with Crippen LogP contribution < -0.4 is 15.4 Å². The van der Waals surface area contributed by atoms with Crippen molar-refractivity contribution in [2.75, 3.05) is 6.54 Å². The van der Waals surface area contributed by atoms with Crippen LogP contribution >= 0.6 is 0 Å². The topological polar surface area (TPSA) is 85.3 Å². The Morgan fingerprint density at radius 2 is 2.11 bits per heavy atom. The quantitative estimate of drug-likeness (QED) is 0.849. The molecule has 7 nitrogen and oxygen atoms in total. The molecule has 0 saturated heterocycles. The van der Waals surface area contributed by atoms with Crippen molar-refractivity contribution in [1.82, 2.24) is 20.4 Å². The third-order valence-electron chi connectivity index (χ3n) is 5.56. The van der Waals surface area contributed by atoms with Crippen LogP contribution in [0.2, 0.25) is 0 Å². The van der Waals surface area contributed by atoms with Gasteiger partial charge in [-0.3, -0.25) is 14.3 Å². The number of ether oxygens (including phenoxy) is 1. The monoisotopic (exact) mass is 368 g/mol. The molecule has 142 valence electrons. The Labute approximate surface area is 158 Å². The zero-order chi connectivity index (χ0) is 19.0. The Morgan fingerprint density at radius 3 is 2.81 bits per heavy atom. The zero-order valence-electron chi connectivity index (χ0n) is 15.6. The molecular weight excluding hydrogens is 344 g/mol. The smallest absolute Gasteiger partial charge is 0.269 e. The SMILES string of the molecule is Cc1ccc2c(c1)C(=O)NCC1(CCC(NC(=O)c3ccnn3C)CC1)O2. The highest BCUT2D eigenvalue weighted by atomic mass is 16.5. The van der Waals surface area contributed by atoms with Crippen LogP contribution in [-0.2, 0) is 7.05 Å². The van der Waals surface area contributed by atoms with Gasteiger partial charge in [0.25, 0.3) is 11.8 Å². The summed E-state index contributed by atoms with van der Waals surface area (Å²) in [6.07, 6.45) is 4.78. The highest BCUT2D eigenvalue weighted by Gasteiger charge is 2.40. The fourth-order valence-electron chi connectivity index (χ4n) is 3.94. The summed E-state index contributed by atoms with van der Waals surface area (Å²) in [7, 11) is 1.76. The molecule has 2 aliphatic rings. The second-order valence-electron chi connectivity index (χ2n) is 7.56. The minimum Gasteiger partial charge on any atom is -0.485 e. The summed E-state index contributed by atoms with van der Waals surface area (Å²) in [5.41, 5.74) is 1.77. The van der Waals surface area contributed by atoms with Crippen molar-refractivity contribution in [2.24, 2.45) is 7.05 Å². The van der Waals surface area contributed by atoms with Crippen LogP contribution in [0.25, 0.3) is 0 Å². The summed E-state index contributed by atoms with van der Waals surface area (Å²) >= 11 is 0. The molecule has 1 aliphatic heterocycles. The number of nitrogens with zero attached hydrogens (tertiary/aromatic N) is 2. The molecule has 1 aromatic carbocycles. The second kappa shape index (κ2) is 6.72. The number of fused-ring (bicyclic) bond motifs is 1. The number of aromatic nitrogens is 2. The van der Waals surface area contributed by atoms with Crippen LogP contribution in [0, 0.1) is 6.92 Å². The largest absolute Gasteiger partial charge is 0.485 e. The molecule has 2 heterocycles. The second-order valence-corrected chi connectivity index (χ2v) is 7.56. The van der Waals surface area contributed by atoms with Gasteiger partial charge in [0.2, 0.25) is 0 Å². The van der Waals surface area contributed by atoms with Crippen molar-refractivity contribution in [3.8, 4) is 5.75 Å². The van der Waals surface area contributed by atoms with Crippen LogP contribution in [0.1, 0.15) is 52.1 Å². The van der Waals surface area contributed by atoms with Crippen molar-refractivity contribution in [3.05, 3.63) is 47.3 Å². The number of nitrogens with one attached hydrogen (secondary N) is 2.